The van der Waals surface area contributed by atoms with Crippen molar-refractivity contribution in [2.75, 3.05) is 19.6 Å². The third-order valence-corrected chi connectivity index (χ3v) is 2.88. The maximum Gasteiger partial charge on any atom is 0.242 e. The highest BCUT2D eigenvalue weighted by atomic mass is 16.2. The first-order valence-corrected chi connectivity index (χ1v) is 7.19. The number of hydrogen-bond acceptors (Lipinski definition) is 3. The van der Waals surface area contributed by atoms with Crippen LogP contribution in [0, 0.1) is 0 Å². The Balaban J connectivity index is 4.12. The Bertz CT molecular complexity index is 330. The molecule has 0 rings (SSSR count). The zero-order chi connectivity index (χ0) is 15.5. The molecule has 0 aliphatic heterocycles. The largest absolute Gasteiger partial charge is 0.347 e. The van der Waals surface area contributed by atoms with Gasteiger partial charge >= 0.3 is 0 Å². The summed E-state index contributed by atoms with van der Waals surface area (Å²) in [6.45, 7) is 7.97. The highest BCUT2D eigenvalue weighted by Crippen LogP contribution is 2.03. The van der Waals surface area contributed by atoms with Crippen LogP contribution in [-0.4, -0.2) is 48.3 Å². The molecule has 3 amide bonds. The van der Waals surface area contributed by atoms with Crippen molar-refractivity contribution < 1.29 is 14.4 Å². The maximum absolute atomic E-state index is 12.0. The minimum atomic E-state index is -0.356. The molecule has 2 N–H and O–H groups in total. The third kappa shape index (κ3) is 8.50. The molecule has 0 saturated heterocycles. The Hall–Kier alpha value is -1.59. The first kappa shape index (κ1) is 18.4. The summed E-state index contributed by atoms with van der Waals surface area (Å²) in [5.74, 6) is -0.715. The number of nitrogens with zero attached hydrogens (tertiary/aromatic N) is 1. The fourth-order valence-corrected chi connectivity index (χ4v) is 1.75. The number of nitrogens with one attached hydrogen (secondary N) is 2. The number of unbranched alkanes of at least 4 members (excludes halogenated alkanes) is 2. The van der Waals surface area contributed by atoms with Gasteiger partial charge in [0.2, 0.25) is 17.7 Å². The zero-order valence-electron chi connectivity index (χ0n) is 13.0. The van der Waals surface area contributed by atoms with Crippen LogP contribution in [0.25, 0.3) is 0 Å². The molecule has 0 aliphatic rings. The third-order valence-electron chi connectivity index (χ3n) is 2.88. The Morgan fingerprint density at radius 2 is 1.70 bits per heavy atom. The van der Waals surface area contributed by atoms with E-state index in [1.807, 2.05) is 13.8 Å². The van der Waals surface area contributed by atoms with Crippen molar-refractivity contribution in [3.63, 3.8) is 0 Å². The van der Waals surface area contributed by atoms with Crippen molar-refractivity contribution in [3.8, 4) is 0 Å². The minimum absolute atomic E-state index is 0.0251. The van der Waals surface area contributed by atoms with Gasteiger partial charge in [-0.1, -0.05) is 19.8 Å². The lowest BCUT2D eigenvalue weighted by atomic mass is 10.2. The Kier molecular flexibility index (Phi) is 9.41. The van der Waals surface area contributed by atoms with Crippen LogP contribution in [0.3, 0.4) is 0 Å². The van der Waals surface area contributed by atoms with Gasteiger partial charge < -0.3 is 15.5 Å². The molecule has 0 bridgehead atoms. The van der Waals surface area contributed by atoms with Gasteiger partial charge in [0.25, 0.3) is 0 Å². The summed E-state index contributed by atoms with van der Waals surface area (Å²) >= 11 is 0. The summed E-state index contributed by atoms with van der Waals surface area (Å²) in [4.78, 5) is 35.9. The van der Waals surface area contributed by atoms with Gasteiger partial charge in [-0.05, 0) is 20.3 Å². The Morgan fingerprint density at radius 1 is 1.05 bits per heavy atom. The summed E-state index contributed by atoms with van der Waals surface area (Å²) in [7, 11) is 0. The molecule has 0 atom stereocenters. The van der Waals surface area contributed by atoms with Crippen molar-refractivity contribution in [2.45, 2.75) is 53.0 Å². The molecule has 0 aromatic rings. The van der Waals surface area contributed by atoms with Crippen LogP contribution in [0.15, 0.2) is 0 Å². The SMILES string of the molecule is CCCCCN(C(=O)CNC(=O)CNC(C)=O)C(C)C. The second-order valence-corrected chi connectivity index (χ2v) is 5.07. The van der Waals surface area contributed by atoms with E-state index in [2.05, 4.69) is 17.6 Å². The predicted molar refractivity (Wildman–Crippen MR) is 78.1 cm³/mol. The van der Waals surface area contributed by atoms with Crippen LogP contribution < -0.4 is 10.6 Å². The van der Waals surface area contributed by atoms with Crippen molar-refractivity contribution in [2.24, 2.45) is 0 Å². The van der Waals surface area contributed by atoms with E-state index in [0.29, 0.717) is 6.54 Å². The first-order chi connectivity index (χ1) is 9.38. The number of carbonyl (C=O) groups is 3. The molecule has 6 heteroatoms. The molecule has 0 fully saturated rings. The average molecular weight is 285 g/mol. The van der Waals surface area contributed by atoms with Crippen LogP contribution in [0.2, 0.25) is 0 Å². The lowest BCUT2D eigenvalue weighted by molar-refractivity contribution is -0.134. The Labute approximate surface area is 121 Å². The van der Waals surface area contributed by atoms with Gasteiger partial charge in [0.15, 0.2) is 0 Å². The van der Waals surface area contributed by atoms with Crippen LogP contribution in [-0.2, 0) is 14.4 Å². The van der Waals surface area contributed by atoms with Gasteiger partial charge in [-0.25, -0.2) is 0 Å². The highest BCUT2D eigenvalue weighted by molar-refractivity contribution is 5.87. The monoisotopic (exact) mass is 285 g/mol. The van der Waals surface area contributed by atoms with Gasteiger partial charge in [0.05, 0.1) is 13.1 Å². The van der Waals surface area contributed by atoms with Crippen molar-refractivity contribution >= 4 is 17.7 Å². The number of hydrogen-bond donors (Lipinski definition) is 2. The molecule has 0 spiro atoms. The zero-order valence-corrected chi connectivity index (χ0v) is 13.0. The molecule has 0 heterocycles. The summed E-state index contributed by atoms with van der Waals surface area (Å²) in [6.07, 6.45) is 3.17. The lowest BCUT2D eigenvalue weighted by Crippen LogP contribution is -2.45. The van der Waals surface area contributed by atoms with Gasteiger partial charge in [0, 0.05) is 19.5 Å². The van der Waals surface area contributed by atoms with E-state index in [4.69, 9.17) is 0 Å². The molecule has 6 nitrogen and oxygen atoms in total. The molecule has 0 radical (unpaired) electrons. The molecule has 0 unspecified atom stereocenters. The Morgan fingerprint density at radius 3 is 2.20 bits per heavy atom. The van der Waals surface area contributed by atoms with Gasteiger partial charge in [0.1, 0.15) is 0 Å². The quantitative estimate of drug-likeness (QED) is 0.611. The van der Waals surface area contributed by atoms with E-state index in [1.54, 1.807) is 4.90 Å². The van der Waals surface area contributed by atoms with Gasteiger partial charge in [-0.15, -0.1) is 0 Å². The number of amides is 3. The minimum Gasteiger partial charge on any atom is -0.347 e. The second kappa shape index (κ2) is 10.2. The molecule has 0 aromatic heterocycles. The normalized spacial score (nSPS) is 10.2. The molecular weight excluding hydrogens is 258 g/mol. The second-order valence-electron chi connectivity index (χ2n) is 5.07. The smallest absolute Gasteiger partial charge is 0.242 e. The highest BCUT2D eigenvalue weighted by Gasteiger charge is 2.16. The standard InChI is InChI=1S/C14H27N3O3/c1-5-6-7-8-17(11(2)3)14(20)10-16-13(19)9-15-12(4)18/h11H,5-10H2,1-4H3,(H,15,18)(H,16,19). The fourth-order valence-electron chi connectivity index (χ4n) is 1.75. The summed E-state index contributed by atoms with van der Waals surface area (Å²) in [5, 5.41) is 4.91. The molecule has 20 heavy (non-hydrogen) atoms. The maximum atomic E-state index is 12.0. The first-order valence-electron chi connectivity index (χ1n) is 7.19. The van der Waals surface area contributed by atoms with Crippen LogP contribution in [0.5, 0.6) is 0 Å². The van der Waals surface area contributed by atoms with E-state index in [1.165, 1.54) is 6.92 Å². The predicted octanol–water partition coefficient (Wildman–Crippen LogP) is 0.666. The molecule has 0 saturated carbocycles. The molecule has 116 valence electrons. The van der Waals surface area contributed by atoms with Crippen LogP contribution in [0.4, 0.5) is 0 Å². The van der Waals surface area contributed by atoms with Gasteiger partial charge in [-0.2, -0.15) is 0 Å². The van der Waals surface area contributed by atoms with E-state index in [0.717, 1.165) is 19.3 Å². The number of rotatable bonds is 9. The van der Waals surface area contributed by atoms with Crippen LogP contribution >= 0.6 is 0 Å². The van der Waals surface area contributed by atoms with E-state index in [9.17, 15) is 14.4 Å². The van der Waals surface area contributed by atoms with Crippen LogP contribution in [0.1, 0.15) is 47.0 Å². The molecule has 0 aromatic carbocycles. The fraction of sp³-hybridized carbons (Fsp3) is 0.786. The van der Waals surface area contributed by atoms with E-state index in [-0.39, 0.29) is 36.9 Å². The van der Waals surface area contributed by atoms with Gasteiger partial charge in [-0.3, -0.25) is 14.4 Å². The lowest BCUT2D eigenvalue weighted by Gasteiger charge is -2.27. The summed E-state index contributed by atoms with van der Waals surface area (Å²) in [6, 6.07) is 0.117. The summed E-state index contributed by atoms with van der Waals surface area (Å²) < 4.78 is 0. The topological polar surface area (TPSA) is 78.5 Å². The number of carbonyl (C=O) groups excluding carboxylic acids is 3. The van der Waals surface area contributed by atoms with Crippen molar-refractivity contribution in [1.29, 1.82) is 0 Å². The van der Waals surface area contributed by atoms with E-state index < -0.39 is 0 Å². The molecular formula is C14H27N3O3. The van der Waals surface area contributed by atoms with Crippen molar-refractivity contribution in [1.82, 2.24) is 15.5 Å². The molecule has 0 aliphatic carbocycles. The summed E-state index contributed by atoms with van der Waals surface area (Å²) in [5.41, 5.74) is 0. The average Bonchev–Trinajstić information content (AvgIpc) is 2.38. The van der Waals surface area contributed by atoms with Crippen molar-refractivity contribution in [3.05, 3.63) is 0 Å². The van der Waals surface area contributed by atoms with E-state index >= 15 is 0 Å².